The van der Waals surface area contributed by atoms with E-state index < -0.39 is 0 Å². The molecule has 98 valence electrons. The Morgan fingerprint density at radius 2 is 2.33 bits per heavy atom. The average Bonchev–Trinajstić information content (AvgIpc) is 2.28. The molecule has 1 atom stereocenters. The van der Waals surface area contributed by atoms with Gasteiger partial charge in [-0.15, -0.1) is 0 Å². The van der Waals surface area contributed by atoms with E-state index in [2.05, 4.69) is 15.5 Å². The Morgan fingerprint density at radius 1 is 1.56 bits per heavy atom. The second-order valence-corrected chi connectivity index (χ2v) is 5.07. The molecule has 1 heterocycles. The van der Waals surface area contributed by atoms with Gasteiger partial charge in [-0.25, -0.2) is 0 Å². The number of aryl methyl sites for hydroxylation is 1. The molecule has 1 aliphatic heterocycles. The van der Waals surface area contributed by atoms with Crippen molar-refractivity contribution in [2.24, 2.45) is 0 Å². The molecular formula is C13H18ClN3O. The highest BCUT2D eigenvalue weighted by Crippen LogP contribution is 2.24. The first-order valence-corrected chi connectivity index (χ1v) is 6.43. The second kappa shape index (κ2) is 5.59. The minimum absolute atomic E-state index is 0.0656. The first kappa shape index (κ1) is 13.2. The standard InChI is InChI=1S/C13H18ClN3O/c1-9-5-10(14)3-4-12(9)17-7-11(6-15-2)16-13(18)8-17/h3-5,11,15H,6-8H2,1-2H3,(H,16,18). The van der Waals surface area contributed by atoms with Crippen molar-refractivity contribution < 1.29 is 4.79 Å². The molecule has 18 heavy (non-hydrogen) atoms. The summed E-state index contributed by atoms with van der Waals surface area (Å²) in [4.78, 5) is 13.8. The number of nitrogens with zero attached hydrogens (tertiary/aromatic N) is 1. The van der Waals surface area contributed by atoms with Gasteiger partial charge < -0.3 is 15.5 Å². The molecule has 0 aromatic heterocycles. The molecular weight excluding hydrogens is 250 g/mol. The van der Waals surface area contributed by atoms with Gasteiger partial charge in [-0.3, -0.25) is 4.79 Å². The molecule has 4 nitrogen and oxygen atoms in total. The number of benzene rings is 1. The maximum Gasteiger partial charge on any atom is 0.239 e. The largest absolute Gasteiger partial charge is 0.360 e. The van der Waals surface area contributed by atoms with E-state index >= 15 is 0 Å². The van der Waals surface area contributed by atoms with Gasteiger partial charge in [0, 0.05) is 23.8 Å². The smallest absolute Gasteiger partial charge is 0.239 e. The summed E-state index contributed by atoms with van der Waals surface area (Å²) in [5.41, 5.74) is 2.18. The molecule has 0 aliphatic carbocycles. The summed E-state index contributed by atoms with van der Waals surface area (Å²) in [6.45, 7) is 4.01. The van der Waals surface area contributed by atoms with E-state index in [0.717, 1.165) is 29.4 Å². The molecule has 1 amide bonds. The van der Waals surface area contributed by atoms with Crippen LogP contribution in [0.5, 0.6) is 0 Å². The third-order valence-corrected chi connectivity index (χ3v) is 3.33. The zero-order valence-electron chi connectivity index (χ0n) is 10.7. The van der Waals surface area contributed by atoms with Crippen molar-refractivity contribution in [3.8, 4) is 0 Å². The number of carbonyl (C=O) groups is 1. The minimum Gasteiger partial charge on any atom is -0.360 e. The van der Waals surface area contributed by atoms with E-state index in [1.165, 1.54) is 0 Å². The summed E-state index contributed by atoms with van der Waals surface area (Å²) in [5.74, 6) is 0.0656. The first-order valence-electron chi connectivity index (χ1n) is 6.05. The Balaban J connectivity index is 2.18. The van der Waals surface area contributed by atoms with Crippen molar-refractivity contribution in [1.29, 1.82) is 0 Å². The monoisotopic (exact) mass is 267 g/mol. The van der Waals surface area contributed by atoms with E-state index in [1.54, 1.807) is 0 Å². The van der Waals surface area contributed by atoms with Gasteiger partial charge in [0.15, 0.2) is 0 Å². The Bertz CT molecular complexity index is 450. The molecule has 1 fully saturated rings. The van der Waals surface area contributed by atoms with Crippen LogP contribution in [0.1, 0.15) is 5.56 Å². The summed E-state index contributed by atoms with van der Waals surface area (Å²) in [6, 6.07) is 5.92. The second-order valence-electron chi connectivity index (χ2n) is 4.63. The van der Waals surface area contributed by atoms with Crippen LogP contribution in [0.25, 0.3) is 0 Å². The number of amides is 1. The molecule has 1 saturated heterocycles. The number of anilines is 1. The van der Waals surface area contributed by atoms with E-state index in [4.69, 9.17) is 11.6 Å². The fraction of sp³-hybridized carbons (Fsp3) is 0.462. The Labute approximate surface area is 112 Å². The van der Waals surface area contributed by atoms with Crippen molar-refractivity contribution >= 4 is 23.2 Å². The summed E-state index contributed by atoms with van der Waals surface area (Å²) >= 11 is 5.96. The van der Waals surface area contributed by atoms with E-state index in [-0.39, 0.29) is 11.9 Å². The number of hydrogen-bond acceptors (Lipinski definition) is 3. The predicted octanol–water partition coefficient (Wildman–Crippen LogP) is 1.17. The van der Waals surface area contributed by atoms with Gasteiger partial charge in [0.25, 0.3) is 0 Å². The zero-order valence-corrected chi connectivity index (χ0v) is 11.4. The van der Waals surface area contributed by atoms with Crippen LogP contribution < -0.4 is 15.5 Å². The summed E-state index contributed by atoms with van der Waals surface area (Å²) < 4.78 is 0. The molecule has 5 heteroatoms. The Hall–Kier alpha value is -1.26. The number of carbonyl (C=O) groups excluding carboxylic acids is 1. The fourth-order valence-electron chi connectivity index (χ4n) is 2.34. The van der Waals surface area contributed by atoms with E-state index in [9.17, 15) is 4.79 Å². The third-order valence-electron chi connectivity index (χ3n) is 3.09. The van der Waals surface area contributed by atoms with Crippen molar-refractivity contribution in [3.05, 3.63) is 28.8 Å². The predicted molar refractivity (Wildman–Crippen MR) is 74.3 cm³/mol. The van der Waals surface area contributed by atoms with Crippen LogP contribution in [-0.2, 0) is 4.79 Å². The SMILES string of the molecule is CNCC1CN(c2ccc(Cl)cc2C)CC(=O)N1. The molecule has 1 aromatic rings. The molecule has 0 radical (unpaired) electrons. The van der Waals surface area contributed by atoms with Gasteiger partial charge in [0.2, 0.25) is 5.91 Å². The number of rotatable bonds is 3. The van der Waals surface area contributed by atoms with Crippen LogP contribution in [0.15, 0.2) is 18.2 Å². The lowest BCUT2D eigenvalue weighted by atomic mass is 10.1. The topological polar surface area (TPSA) is 44.4 Å². The summed E-state index contributed by atoms with van der Waals surface area (Å²) in [5, 5.41) is 6.80. The number of nitrogens with one attached hydrogen (secondary N) is 2. The van der Waals surface area contributed by atoms with Crippen LogP contribution in [-0.4, -0.2) is 38.6 Å². The lowest BCUT2D eigenvalue weighted by Crippen LogP contribution is -2.57. The maximum absolute atomic E-state index is 11.7. The lowest BCUT2D eigenvalue weighted by molar-refractivity contribution is -0.121. The van der Waals surface area contributed by atoms with Gasteiger partial charge in [-0.05, 0) is 37.7 Å². The van der Waals surface area contributed by atoms with Crippen LogP contribution in [0.2, 0.25) is 5.02 Å². The molecule has 1 unspecified atom stereocenters. The van der Waals surface area contributed by atoms with Crippen LogP contribution in [0.3, 0.4) is 0 Å². The van der Waals surface area contributed by atoms with Crippen LogP contribution in [0.4, 0.5) is 5.69 Å². The van der Waals surface area contributed by atoms with Crippen molar-refractivity contribution in [2.75, 3.05) is 31.6 Å². The highest BCUT2D eigenvalue weighted by Gasteiger charge is 2.24. The van der Waals surface area contributed by atoms with Gasteiger partial charge >= 0.3 is 0 Å². The highest BCUT2D eigenvalue weighted by molar-refractivity contribution is 6.30. The number of piperazine rings is 1. The van der Waals surface area contributed by atoms with Gasteiger partial charge in [0.05, 0.1) is 12.6 Å². The van der Waals surface area contributed by atoms with E-state index in [1.807, 2.05) is 32.2 Å². The summed E-state index contributed by atoms with van der Waals surface area (Å²) in [6.07, 6.45) is 0. The molecule has 0 spiro atoms. The van der Waals surface area contributed by atoms with Gasteiger partial charge in [-0.2, -0.15) is 0 Å². The molecule has 1 aliphatic rings. The van der Waals surface area contributed by atoms with Crippen molar-refractivity contribution in [2.45, 2.75) is 13.0 Å². The number of halogens is 1. The number of hydrogen-bond donors (Lipinski definition) is 2. The van der Waals surface area contributed by atoms with Gasteiger partial charge in [0.1, 0.15) is 0 Å². The van der Waals surface area contributed by atoms with Crippen LogP contribution in [0, 0.1) is 6.92 Å². The van der Waals surface area contributed by atoms with Crippen molar-refractivity contribution in [1.82, 2.24) is 10.6 Å². The lowest BCUT2D eigenvalue weighted by Gasteiger charge is -2.35. The summed E-state index contributed by atoms with van der Waals surface area (Å²) in [7, 11) is 1.89. The normalized spacial score (nSPS) is 19.8. The quantitative estimate of drug-likeness (QED) is 0.864. The highest BCUT2D eigenvalue weighted by atomic mass is 35.5. The van der Waals surface area contributed by atoms with Gasteiger partial charge in [-0.1, -0.05) is 11.6 Å². The fourth-order valence-corrected chi connectivity index (χ4v) is 2.57. The Morgan fingerprint density at radius 3 is 3.00 bits per heavy atom. The molecule has 1 aromatic carbocycles. The first-order chi connectivity index (χ1) is 8.60. The zero-order chi connectivity index (χ0) is 13.1. The third kappa shape index (κ3) is 2.94. The molecule has 0 bridgehead atoms. The number of likely N-dealkylation sites (N-methyl/N-ethyl adjacent to an activating group) is 1. The average molecular weight is 268 g/mol. The molecule has 2 N–H and O–H groups in total. The van der Waals surface area contributed by atoms with Crippen LogP contribution >= 0.6 is 11.6 Å². The Kier molecular flexibility index (Phi) is 4.09. The van der Waals surface area contributed by atoms with E-state index in [0.29, 0.717) is 6.54 Å². The molecule has 0 saturated carbocycles. The minimum atomic E-state index is 0.0656. The van der Waals surface area contributed by atoms with Crippen molar-refractivity contribution in [3.63, 3.8) is 0 Å². The maximum atomic E-state index is 11.7. The molecule has 2 rings (SSSR count).